The van der Waals surface area contributed by atoms with Crippen LogP contribution in [0.3, 0.4) is 0 Å². The molecule has 0 aliphatic heterocycles. The Morgan fingerprint density at radius 2 is 1.76 bits per heavy atom. The topological polar surface area (TPSA) is 83.1 Å². The fraction of sp³-hybridized carbons (Fsp3) is 0.0769. The van der Waals surface area contributed by atoms with Crippen LogP contribution in [0.15, 0.2) is 67.1 Å². The third-order valence-corrected chi connectivity index (χ3v) is 5.85. The van der Waals surface area contributed by atoms with Crippen molar-refractivity contribution in [2.45, 2.75) is 13.8 Å². The second-order valence-electron chi connectivity index (χ2n) is 8.18. The maximum absolute atomic E-state index is 14.0. The molecule has 0 aliphatic carbocycles. The second kappa shape index (κ2) is 7.34. The van der Waals surface area contributed by atoms with Crippen LogP contribution in [0.25, 0.3) is 55.8 Å². The highest BCUT2D eigenvalue weighted by Crippen LogP contribution is 2.33. The maximum atomic E-state index is 14.0. The van der Waals surface area contributed by atoms with Crippen LogP contribution in [-0.4, -0.2) is 30.1 Å². The molecular weight excluding hydrogens is 415 g/mol. The summed E-state index contributed by atoms with van der Waals surface area (Å²) in [6, 6.07) is 14.9. The van der Waals surface area contributed by atoms with Gasteiger partial charge in [0.05, 0.1) is 16.7 Å². The average Bonchev–Trinajstić information content (AvgIpc) is 3.42. The summed E-state index contributed by atoms with van der Waals surface area (Å²) in [4.78, 5) is 17.0. The molecule has 2 N–H and O–H groups in total. The van der Waals surface area contributed by atoms with Gasteiger partial charge in [-0.3, -0.25) is 15.1 Å². The van der Waals surface area contributed by atoms with Gasteiger partial charge in [0, 0.05) is 35.1 Å². The Hall–Kier alpha value is -4.39. The number of imidazole rings is 1. The fourth-order valence-corrected chi connectivity index (χ4v) is 4.26. The van der Waals surface area contributed by atoms with Crippen molar-refractivity contribution < 1.29 is 4.39 Å². The van der Waals surface area contributed by atoms with Gasteiger partial charge in [0.25, 0.3) is 0 Å². The van der Waals surface area contributed by atoms with Gasteiger partial charge in [-0.05, 0) is 73.0 Å². The van der Waals surface area contributed by atoms with Crippen molar-refractivity contribution >= 4 is 21.9 Å². The molecule has 6 aromatic rings. The van der Waals surface area contributed by atoms with E-state index in [-0.39, 0.29) is 5.82 Å². The standard InChI is InChI=1S/C26H19FN6/c1-14-9-17(11-18(27)10-14)23-25-22(6-8-29-23)30-26(31-25)24-19-12-16(3-4-21(19)32-33-24)20-13-28-7-5-15(20)2/h3-13H,1-2H3,(H,30,31)(H,32,33). The Morgan fingerprint density at radius 3 is 2.61 bits per heavy atom. The lowest BCUT2D eigenvalue weighted by molar-refractivity contribution is 0.627. The van der Waals surface area contributed by atoms with Crippen LogP contribution in [0.4, 0.5) is 4.39 Å². The normalized spacial score (nSPS) is 11.5. The van der Waals surface area contributed by atoms with Gasteiger partial charge in [-0.25, -0.2) is 9.37 Å². The molecule has 0 atom stereocenters. The minimum Gasteiger partial charge on any atom is -0.336 e. The predicted octanol–water partition coefficient (Wildman–Crippen LogP) is 5.99. The molecule has 0 radical (unpaired) electrons. The summed E-state index contributed by atoms with van der Waals surface area (Å²) >= 11 is 0. The summed E-state index contributed by atoms with van der Waals surface area (Å²) in [6.07, 6.45) is 5.36. The van der Waals surface area contributed by atoms with Crippen molar-refractivity contribution in [1.29, 1.82) is 0 Å². The molecule has 0 bridgehead atoms. The quantitative estimate of drug-likeness (QED) is 0.359. The minimum atomic E-state index is -0.295. The van der Waals surface area contributed by atoms with Crippen LogP contribution in [0.2, 0.25) is 0 Å². The third-order valence-electron chi connectivity index (χ3n) is 5.85. The molecule has 6 nitrogen and oxygen atoms in total. The van der Waals surface area contributed by atoms with Crippen LogP contribution in [-0.2, 0) is 0 Å². The van der Waals surface area contributed by atoms with Crippen molar-refractivity contribution in [2.75, 3.05) is 0 Å². The van der Waals surface area contributed by atoms with E-state index in [1.54, 1.807) is 12.4 Å². The fourth-order valence-electron chi connectivity index (χ4n) is 4.26. The molecule has 2 aromatic carbocycles. The first-order valence-electron chi connectivity index (χ1n) is 10.6. The summed E-state index contributed by atoms with van der Waals surface area (Å²) in [5, 5.41) is 8.58. The number of pyridine rings is 2. The van der Waals surface area contributed by atoms with E-state index in [2.05, 4.69) is 44.2 Å². The maximum Gasteiger partial charge on any atom is 0.159 e. The van der Waals surface area contributed by atoms with Crippen LogP contribution in [0.5, 0.6) is 0 Å². The number of halogens is 1. The highest BCUT2D eigenvalue weighted by atomic mass is 19.1. The predicted molar refractivity (Wildman–Crippen MR) is 127 cm³/mol. The van der Waals surface area contributed by atoms with E-state index in [0.717, 1.165) is 38.7 Å². The van der Waals surface area contributed by atoms with Crippen molar-refractivity contribution in [3.63, 3.8) is 0 Å². The molecule has 7 heteroatoms. The van der Waals surface area contributed by atoms with E-state index < -0.39 is 0 Å². The Kier molecular flexibility index (Phi) is 4.29. The zero-order valence-electron chi connectivity index (χ0n) is 18.0. The van der Waals surface area contributed by atoms with Gasteiger partial charge in [-0.1, -0.05) is 6.07 Å². The van der Waals surface area contributed by atoms with E-state index in [1.165, 1.54) is 12.1 Å². The molecule has 0 amide bonds. The van der Waals surface area contributed by atoms with Crippen LogP contribution in [0, 0.1) is 19.7 Å². The molecular formula is C26H19FN6. The number of fused-ring (bicyclic) bond motifs is 2. The van der Waals surface area contributed by atoms with Gasteiger partial charge in [-0.15, -0.1) is 0 Å². The molecule has 160 valence electrons. The number of aromatic amines is 2. The summed E-state index contributed by atoms with van der Waals surface area (Å²) in [7, 11) is 0. The number of nitrogens with one attached hydrogen (secondary N) is 2. The van der Waals surface area contributed by atoms with Crippen molar-refractivity contribution in [2.24, 2.45) is 0 Å². The molecule has 4 heterocycles. The van der Waals surface area contributed by atoms with E-state index in [9.17, 15) is 4.39 Å². The van der Waals surface area contributed by atoms with Crippen LogP contribution < -0.4 is 0 Å². The van der Waals surface area contributed by atoms with Gasteiger partial charge in [0.15, 0.2) is 5.82 Å². The summed E-state index contributed by atoms with van der Waals surface area (Å²) in [6.45, 7) is 3.93. The number of benzene rings is 2. The molecule has 0 aliphatic rings. The highest BCUT2D eigenvalue weighted by Gasteiger charge is 2.17. The molecule has 4 aromatic heterocycles. The lowest BCUT2D eigenvalue weighted by Gasteiger charge is -2.05. The molecule has 33 heavy (non-hydrogen) atoms. The molecule has 0 spiro atoms. The Bertz CT molecular complexity index is 1640. The number of aryl methyl sites for hydroxylation is 2. The molecule has 0 fully saturated rings. The third kappa shape index (κ3) is 3.25. The first-order chi connectivity index (χ1) is 16.1. The van der Waals surface area contributed by atoms with Crippen molar-refractivity contribution in [3.8, 4) is 33.9 Å². The summed E-state index contributed by atoms with van der Waals surface area (Å²) in [5.41, 5.74) is 8.55. The monoisotopic (exact) mass is 434 g/mol. The largest absolute Gasteiger partial charge is 0.336 e. The molecule has 0 saturated carbocycles. The number of rotatable bonds is 3. The smallest absolute Gasteiger partial charge is 0.159 e. The first kappa shape index (κ1) is 19.3. The Labute approximate surface area is 188 Å². The van der Waals surface area contributed by atoms with E-state index in [4.69, 9.17) is 4.98 Å². The van der Waals surface area contributed by atoms with Gasteiger partial charge in [0.2, 0.25) is 0 Å². The lowest BCUT2D eigenvalue weighted by atomic mass is 10.0. The van der Waals surface area contributed by atoms with Gasteiger partial charge < -0.3 is 4.98 Å². The van der Waals surface area contributed by atoms with Gasteiger partial charge in [-0.2, -0.15) is 5.10 Å². The van der Waals surface area contributed by atoms with E-state index in [0.29, 0.717) is 28.3 Å². The summed E-state index contributed by atoms with van der Waals surface area (Å²) in [5.74, 6) is 0.328. The SMILES string of the molecule is Cc1cc(F)cc(-c2nccc3[nH]c(-c4n[nH]c5ccc(-c6cnccc6C)cc45)nc23)c1. The minimum absolute atomic E-state index is 0.295. The zero-order chi connectivity index (χ0) is 22.5. The molecule has 6 rings (SSSR count). The molecule has 0 saturated heterocycles. The number of nitrogens with zero attached hydrogens (tertiary/aromatic N) is 4. The number of H-pyrrole nitrogens is 2. The van der Waals surface area contributed by atoms with Crippen LogP contribution >= 0.6 is 0 Å². The Balaban J connectivity index is 1.52. The van der Waals surface area contributed by atoms with Gasteiger partial charge >= 0.3 is 0 Å². The average molecular weight is 434 g/mol. The van der Waals surface area contributed by atoms with Crippen molar-refractivity contribution in [3.05, 3.63) is 84.1 Å². The zero-order valence-corrected chi connectivity index (χ0v) is 18.0. The number of hydrogen-bond acceptors (Lipinski definition) is 4. The van der Waals surface area contributed by atoms with Crippen molar-refractivity contribution in [1.82, 2.24) is 30.1 Å². The summed E-state index contributed by atoms with van der Waals surface area (Å²) < 4.78 is 14.0. The highest BCUT2D eigenvalue weighted by molar-refractivity contribution is 5.97. The molecule has 0 unspecified atom stereocenters. The van der Waals surface area contributed by atoms with Gasteiger partial charge in [0.1, 0.15) is 17.0 Å². The van der Waals surface area contributed by atoms with E-state index >= 15 is 0 Å². The number of hydrogen-bond donors (Lipinski definition) is 2. The second-order valence-corrected chi connectivity index (χ2v) is 8.18. The first-order valence-corrected chi connectivity index (χ1v) is 10.6. The Morgan fingerprint density at radius 1 is 0.848 bits per heavy atom. The van der Waals surface area contributed by atoms with Crippen LogP contribution in [0.1, 0.15) is 11.1 Å². The lowest BCUT2D eigenvalue weighted by Crippen LogP contribution is -1.88. The van der Waals surface area contributed by atoms with E-state index in [1.807, 2.05) is 37.4 Å². The number of aromatic nitrogens is 6.